The first-order valence-corrected chi connectivity index (χ1v) is 7.09. The van der Waals surface area contributed by atoms with Crippen LogP contribution in [0.15, 0.2) is 53.6 Å². The van der Waals surface area contributed by atoms with Crippen molar-refractivity contribution in [3.63, 3.8) is 0 Å². The van der Waals surface area contributed by atoms with E-state index in [0.29, 0.717) is 11.3 Å². The summed E-state index contributed by atoms with van der Waals surface area (Å²) < 4.78 is 1.11. The van der Waals surface area contributed by atoms with Gasteiger partial charge in [0.2, 0.25) is 5.43 Å². The predicted molar refractivity (Wildman–Crippen MR) is 88.6 cm³/mol. The Hall–Kier alpha value is -3.48. The van der Waals surface area contributed by atoms with Crippen LogP contribution >= 0.6 is 0 Å². The molecule has 0 bridgehead atoms. The summed E-state index contributed by atoms with van der Waals surface area (Å²) in [6.45, 7) is 1.79. The van der Waals surface area contributed by atoms with E-state index in [4.69, 9.17) is 0 Å². The summed E-state index contributed by atoms with van der Waals surface area (Å²) in [5, 5.41) is 12.0. The fourth-order valence-electron chi connectivity index (χ4n) is 2.38. The normalized spacial score (nSPS) is 10.5. The van der Waals surface area contributed by atoms with Crippen molar-refractivity contribution in [1.82, 2.24) is 9.55 Å². The van der Waals surface area contributed by atoms with E-state index in [9.17, 15) is 19.5 Å². The number of benzene rings is 1. The lowest BCUT2D eigenvalue weighted by Gasteiger charge is -2.12. The minimum Gasteiger partial charge on any atom is -0.477 e. The van der Waals surface area contributed by atoms with Crippen LogP contribution in [0.3, 0.4) is 0 Å². The van der Waals surface area contributed by atoms with E-state index >= 15 is 0 Å². The van der Waals surface area contributed by atoms with Crippen molar-refractivity contribution in [1.29, 1.82) is 0 Å². The van der Waals surface area contributed by atoms with Gasteiger partial charge in [-0.15, -0.1) is 0 Å². The van der Waals surface area contributed by atoms with Crippen LogP contribution in [-0.2, 0) is 0 Å². The van der Waals surface area contributed by atoms with Gasteiger partial charge in [-0.3, -0.25) is 14.7 Å². The van der Waals surface area contributed by atoms with Gasteiger partial charge in [-0.1, -0.05) is 18.2 Å². The molecule has 0 radical (unpaired) electrons. The highest BCUT2D eigenvalue weighted by atomic mass is 16.4. The minimum atomic E-state index is -1.39. The van der Waals surface area contributed by atoms with Crippen LogP contribution in [-0.4, -0.2) is 26.7 Å². The van der Waals surface area contributed by atoms with E-state index in [0.717, 1.165) is 16.3 Å². The molecule has 120 valence electrons. The minimum absolute atomic E-state index is 0.158. The number of amides is 1. The van der Waals surface area contributed by atoms with Gasteiger partial charge in [-0.05, 0) is 30.7 Å². The summed E-state index contributed by atoms with van der Waals surface area (Å²) >= 11 is 0. The number of carboxylic acid groups (broad SMARTS) is 1. The quantitative estimate of drug-likeness (QED) is 0.754. The van der Waals surface area contributed by atoms with Gasteiger partial charge in [0.25, 0.3) is 0 Å². The van der Waals surface area contributed by atoms with Gasteiger partial charge in [-0.25, -0.2) is 14.6 Å². The van der Waals surface area contributed by atoms with Gasteiger partial charge in [0, 0.05) is 17.8 Å². The van der Waals surface area contributed by atoms with Gasteiger partial charge < -0.3 is 5.11 Å². The second-order valence-corrected chi connectivity index (χ2v) is 5.16. The fourth-order valence-corrected chi connectivity index (χ4v) is 2.38. The highest BCUT2D eigenvalue weighted by molar-refractivity contribution is 6.00. The van der Waals surface area contributed by atoms with Crippen LogP contribution in [0.4, 0.5) is 10.6 Å². The molecule has 0 aliphatic carbocycles. The number of hydrogen-bond donors (Lipinski definition) is 2. The van der Waals surface area contributed by atoms with Crippen LogP contribution in [0.2, 0.25) is 0 Å². The number of para-hydroxylation sites is 1. The zero-order valence-electron chi connectivity index (χ0n) is 12.7. The number of rotatable bonds is 2. The smallest absolute Gasteiger partial charge is 0.341 e. The van der Waals surface area contributed by atoms with Gasteiger partial charge in [-0.2, -0.15) is 0 Å². The fraction of sp³-hybridized carbons (Fsp3) is 0.0588. The molecule has 0 spiro atoms. The molecule has 0 saturated heterocycles. The van der Waals surface area contributed by atoms with Crippen LogP contribution in [0.25, 0.3) is 10.9 Å². The Morgan fingerprint density at radius 2 is 1.92 bits per heavy atom. The van der Waals surface area contributed by atoms with E-state index < -0.39 is 23.0 Å². The topological polar surface area (TPSA) is 101 Å². The average molecular weight is 323 g/mol. The van der Waals surface area contributed by atoms with E-state index in [-0.39, 0.29) is 5.39 Å². The second-order valence-electron chi connectivity index (χ2n) is 5.16. The molecule has 0 aliphatic heterocycles. The lowest BCUT2D eigenvalue weighted by Crippen LogP contribution is -2.26. The lowest BCUT2D eigenvalue weighted by molar-refractivity contribution is 0.0695. The number of aromatic carboxylic acids is 1. The molecule has 24 heavy (non-hydrogen) atoms. The van der Waals surface area contributed by atoms with Crippen molar-refractivity contribution in [2.75, 3.05) is 5.32 Å². The molecule has 7 heteroatoms. The Morgan fingerprint density at radius 1 is 1.17 bits per heavy atom. The highest BCUT2D eigenvalue weighted by Gasteiger charge is 2.18. The number of fused-ring (bicyclic) bond motifs is 1. The number of aromatic nitrogens is 2. The molecule has 2 aromatic heterocycles. The van der Waals surface area contributed by atoms with Crippen LogP contribution in [0.5, 0.6) is 0 Å². The molecule has 1 amide bonds. The number of aryl methyl sites for hydroxylation is 1. The number of hydrogen-bond acceptors (Lipinski definition) is 4. The number of carbonyl (C=O) groups is 2. The van der Waals surface area contributed by atoms with Crippen molar-refractivity contribution in [3.05, 3.63) is 70.1 Å². The molecule has 0 saturated carbocycles. The number of carboxylic acids is 1. The third kappa shape index (κ3) is 2.63. The monoisotopic (exact) mass is 323 g/mol. The Morgan fingerprint density at radius 3 is 2.62 bits per heavy atom. The lowest BCUT2D eigenvalue weighted by atomic mass is 10.1. The molecule has 7 nitrogen and oxygen atoms in total. The van der Waals surface area contributed by atoms with Crippen molar-refractivity contribution < 1.29 is 14.7 Å². The molecule has 0 atom stereocenters. The standard InChI is InChI=1S/C17H13N3O4/c1-10-5-4-8-18-15(10)19-17(24)20-9-12(16(22)23)14(21)11-6-2-3-7-13(11)20/h2-9H,1H3,(H,22,23)(H,18,19,24). The summed E-state index contributed by atoms with van der Waals surface area (Å²) in [6.07, 6.45) is 2.56. The molecule has 2 N–H and O–H groups in total. The number of pyridine rings is 2. The van der Waals surface area contributed by atoms with Crippen molar-refractivity contribution >= 4 is 28.7 Å². The molecule has 0 unspecified atom stereocenters. The molecule has 3 rings (SSSR count). The zero-order valence-corrected chi connectivity index (χ0v) is 12.7. The Balaban J connectivity index is 2.17. The van der Waals surface area contributed by atoms with E-state index in [1.165, 1.54) is 12.3 Å². The largest absolute Gasteiger partial charge is 0.477 e. The van der Waals surface area contributed by atoms with Gasteiger partial charge >= 0.3 is 12.0 Å². The van der Waals surface area contributed by atoms with Gasteiger partial charge in [0.1, 0.15) is 11.4 Å². The molecular formula is C17H13N3O4. The first kappa shape index (κ1) is 15.4. The van der Waals surface area contributed by atoms with Crippen molar-refractivity contribution in [3.8, 4) is 0 Å². The number of nitrogens with one attached hydrogen (secondary N) is 1. The molecule has 3 aromatic rings. The SMILES string of the molecule is Cc1cccnc1NC(=O)n1cc(C(=O)O)c(=O)c2ccccc21. The maximum Gasteiger partial charge on any atom is 0.341 e. The van der Waals surface area contributed by atoms with E-state index in [1.54, 1.807) is 37.3 Å². The van der Waals surface area contributed by atoms with Crippen LogP contribution in [0, 0.1) is 6.92 Å². The second kappa shape index (κ2) is 5.96. The molecule has 0 aliphatic rings. The first-order valence-electron chi connectivity index (χ1n) is 7.09. The summed E-state index contributed by atoms with van der Waals surface area (Å²) in [6, 6.07) is 9.26. The summed E-state index contributed by atoms with van der Waals surface area (Å²) in [5.41, 5.74) is -0.0222. The molecule has 0 fully saturated rings. The van der Waals surface area contributed by atoms with Gasteiger partial charge in [0.15, 0.2) is 0 Å². The molecule has 1 aromatic carbocycles. The maximum absolute atomic E-state index is 12.6. The Bertz CT molecular complexity index is 1020. The van der Waals surface area contributed by atoms with Crippen LogP contribution < -0.4 is 10.7 Å². The van der Waals surface area contributed by atoms with Crippen LogP contribution in [0.1, 0.15) is 15.9 Å². The number of anilines is 1. The highest BCUT2D eigenvalue weighted by Crippen LogP contribution is 2.14. The zero-order chi connectivity index (χ0) is 17.3. The third-order valence-corrected chi connectivity index (χ3v) is 3.60. The summed E-state index contributed by atoms with van der Waals surface area (Å²) in [5.74, 6) is -1.02. The van der Waals surface area contributed by atoms with Gasteiger partial charge in [0.05, 0.1) is 5.52 Å². The summed E-state index contributed by atoms with van der Waals surface area (Å²) in [7, 11) is 0. The molecular weight excluding hydrogens is 310 g/mol. The number of nitrogens with zero attached hydrogens (tertiary/aromatic N) is 2. The van der Waals surface area contributed by atoms with E-state index in [2.05, 4.69) is 10.3 Å². The predicted octanol–water partition coefficient (Wildman–Crippen LogP) is 2.48. The Kier molecular flexibility index (Phi) is 3.83. The van der Waals surface area contributed by atoms with E-state index in [1.807, 2.05) is 0 Å². The van der Waals surface area contributed by atoms with Crippen molar-refractivity contribution in [2.45, 2.75) is 6.92 Å². The maximum atomic E-state index is 12.6. The number of carbonyl (C=O) groups excluding carboxylic acids is 1. The third-order valence-electron chi connectivity index (χ3n) is 3.60. The summed E-state index contributed by atoms with van der Waals surface area (Å²) in [4.78, 5) is 40.2. The molecule has 2 heterocycles. The first-order chi connectivity index (χ1) is 11.5. The average Bonchev–Trinajstić information content (AvgIpc) is 2.57. The van der Waals surface area contributed by atoms with Crippen molar-refractivity contribution in [2.24, 2.45) is 0 Å². The Labute approximate surface area is 136 Å².